The van der Waals surface area contributed by atoms with E-state index in [2.05, 4.69) is 121 Å². The molecule has 0 amide bonds. The molecular formula is C34H20O. The normalized spacial score (nSPS) is 12.0. The molecule has 0 atom stereocenters. The molecule has 1 nitrogen and oxygen atoms in total. The van der Waals surface area contributed by atoms with Gasteiger partial charge in [0, 0.05) is 16.2 Å². The highest BCUT2D eigenvalue weighted by Crippen LogP contribution is 2.40. The van der Waals surface area contributed by atoms with Gasteiger partial charge in [0.25, 0.3) is 0 Å². The first-order valence-electron chi connectivity index (χ1n) is 12.0. The van der Waals surface area contributed by atoms with Crippen molar-refractivity contribution in [1.82, 2.24) is 0 Å². The average Bonchev–Trinajstić information content (AvgIpc) is 3.31. The lowest BCUT2D eigenvalue weighted by atomic mass is 9.94. The monoisotopic (exact) mass is 444 g/mol. The zero-order valence-corrected chi connectivity index (χ0v) is 19.0. The predicted octanol–water partition coefficient (Wildman–Crippen LogP) is 9.87. The Kier molecular flexibility index (Phi) is 3.72. The second-order valence-corrected chi connectivity index (χ2v) is 9.37. The van der Waals surface area contributed by atoms with E-state index in [4.69, 9.17) is 4.42 Å². The Morgan fingerprint density at radius 3 is 2.06 bits per heavy atom. The van der Waals surface area contributed by atoms with E-state index in [1.165, 1.54) is 59.6 Å². The Morgan fingerprint density at radius 2 is 1.14 bits per heavy atom. The van der Waals surface area contributed by atoms with Crippen molar-refractivity contribution >= 4 is 65.0 Å². The quantitative estimate of drug-likeness (QED) is 0.181. The van der Waals surface area contributed by atoms with Crippen LogP contribution in [0.25, 0.3) is 76.2 Å². The minimum Gasteiger partial charge on any atom is -0.455 e. The van der Waals surface area contributed by atoms with Crippen LogP contribution in [0.15, 0.2) is 126 Å². The molecule has 0 aliphatic rings. The summed E-state index contributed by atoms with van der Waals surface area (Å²) in [5, 5.41) is 12.4. The molecule has 35 heavy (non-hydrogen) atoms. The SMILES string of the molecule is c1ccc2c(c1)ccc1cc3cc(-c4cccc5oc6c7ccccc7ccc6c45)ccc3cc12. The van der Waals surface area contributed by atoms with Crippen LogP contribution in [0.5, 0.6) is 0 Å². The fourth-order valence-corrected chi connectivity index (χ4v) is 5.72. The standard InChI is InChI=1S/C34H20O/c1-3-8-27-21(6-1)12-14-25-19-26-18-24(15-13-23(26)20-31(25)27)28-10-5-11-32-33(28)30-17-16-22-7-2-4-9-29(22)34(30)35-32/h1-20H. The molecule has 0 saturated heterocycles. The van der Waals surface area contributed by atoms with Crippen LogP contribution in [0.4, 0.5) is 0 Å². The molecule has 7 aromatic carbocycles. The van der Waals surface area contributed by atoms with Crippen LogP contribution in [0.1, 0.15) is 0 Å². The first kappa shape index (κ1) is 18.8. The third-order valence-electron chi connectivity index (χ3n) is 7.40. The summed E-state index contributed by atoms with van der Waals surface area (Å²) in [4.78, 5) is 0. The van der Waals surface area contributed by atoms with Crippen molar-refractivity contribution < 1.29 is 4.42 Å². The third-order valence-corrected chi connectivity index (χ3v) is 7.40. The fraction of sp³-hybridized carbons (Fsp3) is 0. The molecule has 0 spiro atoms. The summed E-state index contributed by atoms with van der Waals surface area (Å²) in [7, 11) is 0. The van der Waals surface area contributed by atoms with E-state index in [0.29, 0.717) is 0 Å². The molecule has 0 saturated carbocycles. The maximum Gasteiger partial charge on any atom is 0.143 e. The zero-order valence-electron chi connectivity index (χ0n) is 19.0. The first-order chi connectivity index (χ1) is 17.3. The summed E-state index contributed by atoms with van der Waals surface area (Å²) in [5.41, 5.74) is 4.30. The Labute approximate surface area is 201 Å². The fourth-order valence-electron chi connectivity index (χ4n) is 5.72. The minimum absolute atomic E-state index is 0.930. The Morgan fingerprint density at radius 1 is 0.400 bits per heavy atom. The molecule has 0 fully saturated rings. The lowest BCUT2D eigenvalue weighted by Crippen LogP contribution is -1.83. The maximum atomic E-state index is 6.41. The minimum atomic E-state index is 0.930. The van der Waals surface area contributed by atoms with Crippen molar-refractivity contribution in [2.75, 3.05) is 0 Å². The highest BCUT2D eigenvalue weighted by Gasteiger charge is 2.15. The van der Waals surface area contributed by atoms with Crippen LogP contribution in [-0.2, 0) is 0 Å². The number of hydrogen-bond donors (Lipinski definition) is 0. The average molecular weight is 445 g/mol. The molecule has 1 aromatic heterocycles. The van der Waals surface area contributed by atoms with Crippen molar-refractivity contribution in [3.8, 4) is 11.1 Å². The molecule has 162 valence electrons. The van der Waals surface area contributed by atoms with Gasteiger partial charge in [-0.3, -0.25) is 0 Å². The van der Waals surface area contributed by atoms with Crippen molar-refractivity contribution in [3.05, 3.63) is 121 Å². The maximum absolute atomic E-state index is 6.41. The first-order valence-corrected chi connectivity index (χ1v) is 12.0. The topological polar surface area (TPSA) is 13.1 Å². The van der Waals surface area contributed by atoms with Gasteiger partial charge < -0.3 is 4.42 Å². The molecule has 0 aliphatic heterocycles. The highest BCUT2D eigenvalue weighted by molar-refractivity contribution is 6.19. The third kappa shape index (κ3) is 2.70. The van der Waals surface area contributed by atoms with Crippen molar-refractivity contribution in [2.24, 2.45) is 0 Å². The Hall–Kier alpha value is -4.62. The highest BCUT2D eigenvalue weighted by atomic mass is 16.3. The molecule has 8 aromatic rings. The molecule has 8 rings (SSSR count). The zero-order chi connectivity index (χ0) is 22.9. The van der Waals surface area contributed by atoms with Gasteiger partial charge in [0.2, 0.25) is 0 Å². The predicted molar refractivity (Wildman–Crippen MR) is 149 cm³/mol. The Balaban J connectivity index is 1.39. The van der Waals surface area contributed by atoms with Gasteiger partial charge in [0.05, 0.1) is 0 Å². The lowest BCUT2D eigenvalue weighted by molar-refractivity contribution is 0.673. The number of fused-ring (bicyclic) bond motifs is 9. The van der Waals surface area contributed by atoms with Crippen LogP contribution in [-0.4, -0.2) is 0 Å². The van der Waals surface area contributed by atoms with Gasteiger partial charge >= 0.3 is 0 Å². The molecule has 0 N–H and O–H groups in total. The Bertz CT molecular complexity index is 2110. The lowest BCUT2D eigenvalue weighted by Gasteiger charge is -2.09. The molecule has 0 bridgehead atoms. The van der Waals surface area contributed by atoms with E-state index in [1.807, 2.05) is 0 Å². The van der Waals surface area contributed by atoms with Crippen molar-refractivity contribution in [2.45, 2.75) is 0 Å². The van der Waals surface area contributed by atoms with Crippen LogP contribution >= 0.6 is 0 Å². The second-order valence-electron chi connectivity index (χ2n) is 9.37. The summed E-state index contributed by atoms with van der Waals surface area (Å²) in [6, 6.07) is 43.7. The second kappa shape index (κ2) is 6.94. The molecular weight excluding hydrogens is 424 g/mol. The number of furan rings is 1. The van der Waals surface area contributed by atoms with Gasteiger partial charge in [0.1, 0.15) is 11.2 Å². The van der Waals surface area contributed by atoms with Crippen molar-refractivity contribution in [1.29, 1.82) is 0 Å². The van der Waals surface area contributed by atoms with Gasteiger partial charge in [0.15, 0.2) is 0 Å². The van der Waals surface area contributed by atoms with Gasteiger partial charge in [-0.15, -0.1) is 0 Å². The smallest absolute Gasteiger partial charge is 0.143 e. The number of benzene rings is 7. The van der Waals surface area contributed by atoms with E-state index in [1.54, 1.807) is 0 Å². The van der Waals surface area contributed by atoms with Gasteiger partial charge in [-0.05, 0) is 79.2 Å². The summed E-state index contributed by atoms with van der Waals surface area (Å²) >= 11 is 0. The molecule has 1 heteroatoms. The summed E-state index contributed by atoms with van der Waals surface area (Å²) < 4.78 is 6.41. The summed E-state index contributed by atoms with van der Waals surface area (Å²) in [5.74, 6) is 0. The van der Waals surface area contributed by atoms with Crippen LogP contribution < -0.4 is 0 Å². The molecule has 0 aliphatic carbocycles. The van der Waals surface area contributed by atoms with Crippen LogP contribution in [0, 0.1) is 0 Å². The van der Waals surface area contributed by atoms with E-state index in [-0.39, 0.29) is 0 Å². The number of rotatable bonds is 1. The number of hydrogen-bond acceptors (Lipinski definition) is 1. The summed E-state index contributed by atoms with van der Waals surface area (Å²) in [6.07, 6.45) is 0. The molecule has 1 heterocycles. The van der Waals surface area contributed by atoms with Crippen LogP contribution in [0.3, 0.4) is 0 Å². The largest absolute Gasteiger partial charge is 0.455 e. The van der Waals surface area contributed by atoms with Gasteiger partial charge in [-0.25, -0.2) is 0 Å². The van der Waals surface area contributed by atoms with Crippen molar-refractivity contribution in [3.63, 3.8) is 0 Å². The van der Waals surface area contributed by atoms with Gasteiger partial charge in [-0.2, -0.15) is 0 Å². The molecule has 0 unspecified atom stereocenters. The van der Waals surface area contributed by atoms with Crippen LogP contribution in [0.2, 0.25) is 0 Å². The van der Waals surface area contributed by atoms with E-state index < -0.39 is 0 Å². The van der Waals surface area contributed by atoms with E-state index in [0.717, 1.165) is 16.6 Å². The van der Waals surface area contributed by atoms with Gasteiger partial charge in [-0.1, -0.05) is 91.0 Å². The van der Waals surface area contributed by atoms with E-state index in [9.17, 15) is 0 Å². The molecule has 0 radical (unpaired) electrons. The summed E-state index contributed by atoms with van der Waals surface area (Å²) in [6.45, 7) is 0. The van der Waals surface area contributed by atoms with E-state index >= 15 is 0 Å².